The Morgan fingerprint density at radius 1 is 0.905 bits per heavy atom. The molecule has 0 amide bonds. The fourth-order valence-electron chi connectivity index (χ4n) is 2.84. The molecule has 2 aromatic carbocycles. The standard InChI is InChI=1S/C20H27N/c1-5-16-9-11-18(12-10-16)20(21-4)19-8-6-7-17(14-19)13-15(2)3/h6-12,14-15,20-21H,5,13H2,1-4H3. The first-order valence-electron chi connectivity index (χ1n) is 7.99. The molecule has 0 aliphatic heterocycles. The van der Waals surface area contributed by atoms with Crippen molar-refractivity contribution in [3.05, 3.63) is 70.8 Å². The molecule has 1 N–H and O–H groups in total. The minimum absolute atomic E-state index is 0.267. The molecule has 2 aromatic rings. The molecule has 1 unspecified atom stereocenters. The Labute approximate surface area is 129 Å². The zero-order valence-electron chi connectivity index (χ0n) is 13.7. The first-order chi connectivity index (χ1) is 10.1. The average molecular weight is 281 g/mol. The molecular formula is C20H27N. The molecule has 0 saturated carbocycles. The number of hydrogen-bond acceptors (Lipinski definition) is 1. The summed E-state index contributed by atoms with van der Waals surface area (Å²) in [5.41, 5.74) is 5.49. The summed E-state index contributed by atoms with van der Waals surface area (Å²) in [6, 6.07) is 18.2. The van der Waals surface area contributed by atoms with Crippen LogP contribution in [-0.2, 0) is 12.8 Å². The molecule has 0 saturated heterocycles. The molecule has 1 heteroatoms. The van der Waals surface area contributed by atoms with Crippen molar-refractivity contribution in [3.63, 3.8) is 0 Å². The molecule has 0 radical (unpaired) electrons. The topological polar surface area (TPSA) is 12.0 Å². The third-order valence-corrected chi connectivity index (χ3v) is 3.94. The van der Waals surface area contributed by atoms with Crippen LogP contribution < -0.4 is 5.32 Å². The lowest BCUT2D eigenvalue weighted by Crippen LogP contribution is -2.17. The molecule has 112 valence electrons. The highest BCUT2D eigenvalue weighted by Crippen LogP contribution is 2.24. The highest BCUT2D eigenvalue weighted by Gasteiger charge is 2.12. The van der Waals surface area contributed by atoms with Crippen LogP contribution in [0.5, 0.6) is 0 Å². The number of benzene rings is 2. The van der Waals surface area contributed by atoms with E-state index in [0.29, 0.717) is 5.92 Å². The zero-order valence-corrected chi connectivity index (χ0v) is 13.7. The maximum Gasteiger partial charge on any atom is 0.0574 e. The maximum absolute atomic E-state index is 3.45. The van der Waals surface area contributed by atoms with Crippen molar-refractivity contribution in [2.45, 2.75) is 39.7 Å². The van der Waals surface area contributed by atoms with E-state index < -0.39 is 0 Å². The maximum atomic E-state index is 3.45. The Morgan fingerprint density at radius 3 is 2.19 bits per heavy atom. The van der Waals surface area contributed by atoms with Crippen molar-refractivity contribution < 1.29 is 0 Å². The van der Waals surface area contributed by atoms with Crippen LogP contribution in [0.25, 0.3) is 0 Å². The van der Waals surface area contributed by atoms with E-state index in [9.17, 15) is 0 Å². The van der Waals surface area contributed by atoms with Gasteiger partial charge in [0.15, 0.2) is 0 Å². The van der Waals surface area contributed by atoms with E-state index in [1.807, 2.05) is 7.05 Å². The third-order valence-electron chi connectivity index (χ3n) is 3.94. The second-order valence-electron chi connectivity index (χ2n) is 6.16. The lowest BCUT2D eigenvalue weighted by molar-refractivity contribution is 0.643. The molecule has 0 aromatic heterocycles. The lowest BCUT2D eigenvalue weighted by atomic mass is 9.94. The minimum atomic E-state index is 0.267. The summed E-state index contributed by atoms with van der Waals surface area (Å²) in [6.07, 6.45) is 2.23. The van der Waals surface area contributed by atoms with Gasteiger partial charge >= 0.3 is 0 Å². The lowest BCUT2D eigenvalue weighted by Gasteiger charge is -2.19. The van der Waals surface area contributed by atoms with Gasteiger partial charge in [-0.15, -0.1) is 0 Å². The quantitative estimate of drug-likeness (QED) is 0.805. The number of rotatable bonds is 6. The van der Waals surface area contributed by atoms with Crippen LogP contribution in [0.1, 0.15) is 49.1 Å². The summed E-state index contributed by atoms with van der Waals surface area (Å²) >= 11 is 0. The highest BCUT2D eigenvalue weighted by atomic mass is 14.9. The SMILES string of the molecule is CCc1ccc(C(NC)c2cccc(CC(C)C)c2)cc1. The normalized spacial score (nSPS) is 12.6. The molecule has 0 aliphatic carbocycles. The van der Waals surface area contributed by atoms with Gasteiger partial charge in [0.1, 0.15) is 0 Å². The molecule has 0 spiro atoms. The van der Waals surface area contributed by atoms with Crippen molar-refractivity contribution in [1.82, 2.24) is 5.32 Å². The summed E-state index contributed by atoms with van der Waals surface area (Å²) in [5, 5.41) is 3.45. The molecule has 0 heterocycles. The molecule has 0 bridgehead atoms. The predicted molar refractivity (Wildman–Crippen MR) is 91.7 cm³/mol. The van der Waals surface area contributed by atoms with Crippen molar-refractivity contribution >= 4 is 0 Å². The average Bonchev–Trinajstić information content (AvgIpc) is 2.48. The van der Waals surface area contributed by atoms with E-state index >= 15 is 0 Å². The summed E-state index contributed by atoms with van der Waals surface area (Å²) in [5.74, 6) is 0.692. The molecule has 1 atom stereocenters. The highest BCUT2D eigenvalue weighted by molar-refractivity contribution is 5.35. The monoisotopic (exact) mass is 281 g/mol. The largest absolute Gasteiger partial charge is 0.309 e. The fraction of sp³-hybridized carbons (Fsp3) is 0.400. The van der Waals surface area contributed by atoms with Gasteiger partial charge in [-0.1, -0.05) is 69.3 Å². The van der Waals surface area contributed by atoms with Gasteiger partial charge in [0.25, 0.3) is 0 Å². The Morgan fingerprint density at radius 2 is 1.62 bits per heavy atom. The van der Waals surface area contributed by atoms with Gasteiger partial charge in [-0.25, -0.2) is 0 Å². The summed E-state index contributed by atoms with van der Waals surface area (Å²) < 4.78 is 0. The van der Waals surface area contributed by atoms with Gasteiger partial charge in [-0.2, -0.15) is 0 Å². The van der Waals surface area contributed by atoms with Gasteiger partial charge in [0, 0.05) is 0 Å². The minimum Gasteiger partial charge on any atom is -0.309 e. The Balaban J connectivity index is 2.27. The first kappa shape index (κ1) is 15.8. The van der Waals surface area contributed by atoms with Gasteiger partial charge in [-0.3, -0.25) is 0 Å². The summed E-state index contributed by atoms with van der Waals surface area (Å²) in [7, 11) is 2.04. The molecule has 0 fully saturated rings. The fourth-order valence-corrected chi connectivity index (χ4v) is 2.84. The van der Waals surface area contributed by atoms with Crippen LogP contribution in [0.3, 0.4) is 0 Å². The van der Waals surface area contributed by atoms with E-state index in [1.54, 1.807) is 0 Å². The summed E-state index contributed by atoms with van der Waals surface area (Å²) in [4.78, 5) is 0. The van der Waals surface area contributed by atoms with Gasteiger partial charge < -0.3 is 5.32 Å². The van der Waals surface area contributed by atoms with Crippen LogP contribution in [0.4, 0.5) is 0 Å². The van der Waals surface area contributed by atoms with Crippen molar-refractivity contribution in [2.75, 3.05) is 7.05 Å². The van der Waals surface area contributed by atoms with Crippen LogP contribution in [0.2, 0.25) is 0 Å². The molecule has 2 rings (SSSR count). The van der Waals surface area contributed by atoms with E-state index in [1.165, 1.54) is 22.3 Å². The summed E-state index contributed by atoms with van der Waals surface area (Å²) in [6.45, 7) is 6.73. The third kappa shape index (κ3) is 4.18. The second kappa shape index (κ2) is 7.42. The van der Waals surface area contributed by atoms with E-state index in [-0.39, 0.29) is 6.04 Å². The Kier molecular flexibility index (Phi) is 5.58. The Hall–Kier alpha value is -1.60. The van der Waals surface area contributed by atoms with E-state index in [2.05, 4.69) is 74.6 Å². The van der Waals surface area contributed by atoms with Gasteiger partial charge in [-0.05, 0) is 48.1 Å². The second-order valence-corrected chi connectivity index (χ2v) is 6.16. The van der Waals surface area contributed by atoms with Crippen molar-refractivity contribution in [3.8, 4) is 0 Å². The molecule has 1 nitrogen and oxygen atoms in total. The van der Waals surface area contributed by atoms with Crippen LogP contribution in [-0.4, -0.2) is 7.05 Å². The number of nitrogens with one attached hydrogen (secondary N) is 1. The molecule has 21 heavy (non-hydrogen) atoms. The van der Waals surface area contributed by atoms with Crippen LogP contribution >= 0.6 is 0 Å². The van der Waals surface area contributed by atoms with E-state index in [0.717, 1.165) is 12.8 Å². The smallest absolute Gasteiger partial charge is 0.0574 e. The molecule has 0 aliphatic rings. The predicted octanol–water partition coefficient (Wildman–Crippen LogP) is 4.76. The van der Waals surface area contributed by atoms with Crippen LogP contribution in [0, 0.1) is 5.92 Å². The number of hydrogen-bond donors (Lipinski definition) is 1. The van der Waals surface area contributed by atoms with Crippen molar-refractivity contribution in [2.24, 2.45) is 5.92 Å². The molecular weight excluding hydrogens is 254 g/mol. The first-order valence-corrected chi connectivity index (χ1v) is 7.99. The van der Waals surface area contributed by atoms with Crippen LogP contribution in [0.15, 0.2) is 48.5 Å². The Bertz CT molecular complexity index is 554. The van der Waals surface area contributed by atoms with Crippen molar-refractivity contribution in [1.29, 1.82) is 0 Å². The zero-order chi connectivity index (χ0) is 15.2. The number of aryl methyl sites for hydroxylation is 1. The van der Waals surface area contributed by atoms with Gasteiger partial charge in [0.2, 0.25) is 0 Å². The van der Waals surface area contributed by atoms with E-state index in [4.69, 9.17) is 0 Å². The van der Waals surface area contributed by atoms with Gasteiger partial charge in [0.05, 0.1) is 6.04 Å².